The number of aromatic nitrogens is 5. The predicted octanol–water partition coefficient (Wildman–Crippen LogP) is 3.09. The molecule has 3 rings (SSSR count). The second kappa shape index (κ2) is 12.6. The van der Waals surface area contributed by atoms with E-state index >= 15 is 0 Å². The average Bonchev–Trinajstić information content (AvgIpc) is 3.43. The zero-order valence-electron chi connectivity index (χ0n) is 21.4. The first-order chi connectivity index (χ1) is 17.1. The van der Waals surface area contributed by atoms with Gasteiger partial charge in [0.2, 0.25) is 16.0 Å². The van der Waals surface area contributed by atoms with E-state index in [-0.39, 0.29) is 49.3 Å². The summed E-state index contributed by atoms with van der Waals surface area (Å²) < 4.78 is 54.2. The highest BCUT2D eigenvalue weighted by Crippen LogP contribution is 2.35. The number of nitrogens with one attached hydrogen (secondary N) is 1. The Bertz CT molecular complexity index is 1080. The second-order valence-electron chi connectivity index (χ2n) is 9.05. The first-order valence-corrected chi connectivity index (χ1v) is 13.7. The van der Waals surface area contributed by atoms with Gasteiger partial charge in [-0.25, -0.2) is 18.4 Å². The summed E-state index contributed by atoms with van der Waals surface area (Å²) in [6.45, 7) is 7.63. The van der Waals surface area contributed by atoms with Gasteiger partial charge in [0.1, 0.15) is 17.5 Å². The quantitative estimate of drug-likeness (QED) is 0.398. The number of rotatable bonds is 13. The molecule has 2 aromatic rings. The molecule has 1 fully saturated rings. The molecule has 0 aromatic carbocycles. The smallest absolute Gasteiger partial charge is 0.240 e. The van der Waals surface area contributed by atoms with Crippen molar-refractivity contribution in [2.75, 3.05) is 32.2 Å². The molecule has 0 bridgehead atoms. The molecule has 0 saturated carbocycles. The van der Waals surface area contributed by atoms with E-state index in [1.807, 2.05) is 6.92 Å². The van der Waals surface area contributed by atoms with Crippen molar-refractivity contribution in [3.05, 3.63) is 29.1 Å². The van der Waals surface area contributed by atoms with Crippen LogP contribution in [0.1, 0.15) is 70.4 Å². The molecule has 36 heavy (non-hydrogen) atoms. The van der Waals surface area contributed by atoms with Crippen LogP contribution in [0.3, 0.4) is 0 Å². The lowest BCUT2D eigenvalue weighted by Crippen LogP contribution is -2.35. The van der Waals surface area contributed by atoms with Gasteiger partial charge in [-0.2, -0.15) is 0 Å². The zero-order valence-corrected chi connectivity index (χ0v) is 23.0. The van der Waals surface area contributed by atoms with Crippen LogP contribution in [0, 0.1) is 0 Å². The molecule has 4 atom stereocenters. The monoisotopic (exact) mass is 546 g/mol. The fourth-order valence-electron chi connectivity index (χ4n) is 4.05. The van der Waals surface area contributed by atoms with E-state index in [2.05, 4.69) is 24.9 Å². The summed E-state index contributed by atoms with van der Waals surface area (Å²) in [4.78, 5) is 8.38. The van der Waals surface area contributed by atoms with E-state index in [1.165, 1.54) is 19.3 Å². The van der Waals surface area contributed by atoms with Crippen LogP contribution in [0.2, 0.25) is 5.02 Å². The van der Waals surface area contributed by atoms with Crippen LogP contribution in [-0.4, -0.2) is 78.0 Å². The van der Waals surface area contributed by atoms with E-state index in [1.54, 1.807) is 32.6 Å². The molecule has 14 heteroatoms. The molecule has 1 saturated heterocycles. The highest BCUT2D eigenvalue weighted by molar-refractivity contribution is 7.93. The minimum absolute atomic E-state index is 0.0411. The summed E-state index contributed by atoms with van der Waals surface area (Å²) in [5.41, 5.74) is 0. The van der Waals surface area contributed by atoms with Crippen molar-refractivity contribution in [3.63, 3.8) is 0 Å². The summed E-state index contributed by atoms with van der Waals surface area (Å²) in [5, 5.41) is 7.74. The number of methoxy groups -OCH3 is 2. The van der Waals surface area contributed by atoms with Crippen LogP contribution in [0.15, 0.2) is 12.4 Å². The predicted molar refractivity (Wildman–Crippen MR) is 133 cm³/mol. The summed E-state index contributed by atoms with van der Waals surface area (Å²) in [6, 6.07) is -0.389. The van der Waals surface area contributed by atoms with E-state index in [0.717, 1.165) is 12.8 Å². The van der Waals surface area contributed by atoms with Crippen LogP contribution in [-0.2, 0) is 29.0 Å². The van der Waals surface area contributed by atoms with Crippen LogP contribution in [0.25, 0.3) is 0 Å². The van der Waals surface area contributed by atoms with Gasteiger partial charge in [0.25, 0.3) is 0 Å². The summed E-state index contributed by atoms with van der Waals surface area (Å²) >= 11 is 5.92. The van der Waals surface area contributed by atoms with Gasteiger partial charge in [0.05, 0.1) is 36.5 Å². The first kappa shape index (κ1) is 28.7. The topological polar surface area (TPSA) is 140 Å². The van der Waals surface area contributed by atoms with Gasteiger partial charge in [-0.3, -0.25) is 9.29 Å². The average molecular weight is 547 g/mol. The van der Waals surface area contributed by atoms with Crippen LogP contribution in [0.5, 0.6) is 0 Å². The molecule has 0 radical (unpaired) electrons. The highest BCUT2D eigenvalue weighted by atomic mass is 35.5. The molecule has 1 aliphatic rings. The van der Waals surface area contributed by atoms with Gasteiger partial charge in [-0.1, -0.05) is 11.6 Å². The Morgan fingerprint density at radius 3 is 2.31 bits per heavy atom. The Hall–Kier alpha value is -1.90. The normalized spacial score (nSPS) is 20.2. The minimum atomic E-state index is -4.06. The van der Waals surface area contributed by atoms with Gasteiger partial charge in [-0.05, 0) is 40.5 Å². The maximum Gasteiger partial charge on any atom is 0.240 e. The number of hydrogen-bond donors (Lipinski definition) is 1. The largest absolute Gasteiger partial charge is 0.382 e. The van der Waals surface area contributed by atoms with Crippen LogP contribution >= 0.6 is 11.6 Å². The van der Waals surface area contributed by atoms with Crippen molar-refractivity contribution in [2.45, 2.75) is 76.2 Å². The van der Waals surface area contributed by atoms with Crippen molar-refractivity contribution >= 4 is 27.6 Å². The molecule has 12 nitrogen and oxygen atoms in total. The van der Waals surface area contributed by atoms with Gasteiger partial charge in [0, 0.05) is 26.6 Å². The molecule has 3 heterocycles. The van der Waals surface area contributed by atoms with E-state index < -0.39 is 21.4 Å². The SMILES string of the molecule is COCC(COC)n1c(NS(=O)(=O)C(C)C(OC(C)C)c2ncc(Cl)cn2)nnc1[C@@H]1CC[C@H](C)O1. The van der Waals surface area contributed by atoms with E-state index in [0.29, 0.717) is 10.8 Å². The highest BCUT2D eigenvalue weighted by Gasteiger charge is 2.37. The van der Waals surface area contributed by atoms with Gasteiger partial charge < -0.3 is 18.9 Å². The third kappa shape index (κ3) is 6.90. The number of ether oxygens (including phenoxy) is 4. The molecule has 202 valence electrons. The number of hydrogen-bond acceptors (Lipinski definition) is 10. The fourth-order valence-corrected chi connectivity index (χ4v) is 5.24. The minimum Gasteiger partial charge on any atom is -0.382 e. The molecule has 0 aliphatic carbocycles. The lowest BCUT2D eigenvalue weighted by Gasteiger charge is -2.26. The van der Waals surface area contributed by atoms with Crippen molar-refractivity contribution in [3.8, 4) is 0 Å². The maximum absolute atomic E-state index is 13.6. The molecule has 2 aromatic heterocycles. The van der Waals surface area contributed by atoms with Crippen molar-refractivity contribution in [1.29, 1.82) is 0 Å². The molecule has 1 aliphatic heterocycles. The zero-order chi connectivity index (χ0) is 26.5. The third-order valence-electron chi connectivity index (χ3n) is 5.79. The van der Waals surface area contributed by atoms with Gasteiger partial charge in [-0.15, -0.1) is 10.2 Å². The molecule has 0 amide bonds. The van der Waals surface area contributed by atoms with Gasteiger partial charge in [0.15, 0.2) is 11.6 Å². The Morgan fingerprint density at radius 1 is 1.14 bits per heavy atom. The Morgan fingerprint density at radius 2 is 1.78 bits per heavy atom. The Kier molecular flexibility index (Phi) is 10.0. The molecule has 0 spiro atoms. The van der Waals surface area contributed by atoms with E-state index in [9.17, 15) is 8.42 Å². The first-order valence-electron chi connectivity index (χ1n) is 11.8. The van der Waals surface area contributed by atoms with Gasteiger partial charge >= 0.3 is 0 Å². The third-order valence-corrected chi connectivity index (χ3v) is 7.68. The molecular weight excluding hydrogens is 512 g/mol. The van der Waals surface area contributed by atoms with Crippen molar-refractivity contribution in [1.82, 2.24) is 24.7 Å². The molecule has 2 unspecified atom stereocenters. The van der Waals surface area contributed by atoms with E-state index in [4.69, 9.17) is 30.5 Å². The fraction of sp³-hybridized carbons (Fsp3) is 0.727. The second-order valence-corrected chi connectivity index (χ2v) is 11.5. The maximum atomic E-state index is 13.6. The molecular formula is C22H35ClN6O6S. The Balaban J connectivity index is 1.97. The lowest BCUT2D eigenvalue weighted by molar-refractivity contribution is 0.00153. The number of sulfonamides is 1. The lowest BCUT2D eigenvalue weighted by atomic mass is 10.2. The summed E-state index contributed by atoms with van der Waals surface area (Å²) in [7, 11) is -0.933. The number of halogens is 1. The standard InChI is InChI=1S/C22H35ClN6O6S/c1-13(2)34-19(20-24-9-16(23)10-25-20)15(4)36(30,31)28-22-27-26-21(18-8-7-14(3)35-18)29(22)17(11-32-5)12-33-6/h9-10,13-15,17-19H,7-8,11-12H2,1-6H3,(H,27,28)/t14-,15?,18-,19?/m0/s1. The molecule has 1 N–H and O–H groups in total. The summed E-state index contributed by atoms with van der Waals surface area (Å²) in [5.74, 6) is 0.761. The number of anilines is 1. The Labute approximate surface area is 217 Å². The number of nitrogens with zero attached hydrogens (tertiary/aromatic N) is 5. The summed E-state index contributed by atoms with van der Waals surface area (Å²) in [6.07, 6.45) is 2.92. The van der Waals surface area contributed by atoms with Crippen molar-refractivity contribution < 1.29 is 27.4 Å². The van der Waals surface area contributed by atoms with Crippen LogP contribution in [0.4, 0.5) is 5.95 Å². The van der Waals surface area contributed by atoms with Crippen molar-refractivity contribution in [2.24, 2.45) is 0 Å². The van der Waals surface area contributed by atoms with Crippen LogP contribution < -0.4 is 4.72 Å².